The zero-order chi connectivity index (χ0) is 30.4. The molecule has 0 aromatic heterocycles. The van der Waals surface area contributed by atoms with Gasteiger partial charge in [-0.1, -0.05) is 112 Å². The van der Waals surface area contributed by atoms with E-state index < -0.39 is 7.26 Å². The fourth-order valence-electron chi connectivity index (χ4n) is 11.8. The third-order valence-electron chi connectivity index (χ3n) is 12.7. The van der Waals surface area contributed by atoms with Crippen molar-refractivity contribution < 1.29 is 0 Å². The summed E-state index contributed by atoms with van der Waals surface area (Å²) >= 11 is 0. The molecule has 2 aromatic carbocycles. The molecule has 0 radical (unpaired) electrons. The molecule has 3 fully saturated rings. The fourth-order valence-corrected chi connectivity index (χ4v) is 23.9. The lowest BCUT2D eigenvalue weighted by Crippen LogP contribution is -2.45. The van der Waals surface area contributed by atoms with Crippen LogP contribution in [0.3, 0.4) is 0 Å². The molecular weight excluding hydrogens is 554 g/mol. The molecule has 0 nitrogen and oxygen atoms in total. The van der Waals surface area contributed by atoms with E-state index in [0.717, 1.165) is 40.6 Å². The van der Waals surface area contributed by atoms with Crippen LogP contribution in [0.4, 0.5) is 0 Å². The molecule has 2 heteroatoms. The predicted octanol–water partition coefficient (Wildman–Crippen LogP) is 11.9. The Morgan fingerprint density at radius 1 is 0.651 bits per heavy atom. The summed E-state index contributed by atoms with van der Waals surface area (Å²) in [6.45, 7) is 18.2. The van der Waals surface area contributed by atoms with Gasteiger partial charge in [-0.2, -0.15) is 0 Å². The highest BCUT2D eigenvalue weighted by molar-refractivity contribution is 7.90. The average molecular weight is 618 g/mol. The van der Waals surface area contributed by atoms with E-state index in [4.69, 9.17) is 0 Å². The number of fused-ring (bicyclic) bond motifs is 8. The monoisotopic (exact) mass is 617 g/mol. The van der Waals surface area contributed by atoms with Crippen LogP contribution in [-0.4, -0.2) is 27.3 Å². The molecule has 4 bridgehead atoms. The summed E-state index contributed by atoms with van der Waals surface area (Å²) in [6.07, 6.45) is 19.1. The van der Waals surface area contributed by atoms with Crippen LogP contribution < -0.4 is 10.6 Å². The highest BCUT2D eigenvalue weighted by Crippen LogP contribution is 2.75. The summed E-state index contributed by atoms with van der Waals surface area (Å²) in [5.74, 6) is 3.57. The van der Waals surface area contributed by atoms with Crippen LogP contribution in [-0.2, 0) is 0 Å². The second-order valence-electron chi connectivity index (χ2n) is 17.2. The lowest BCUT2D eigenvalue weighted by Gasteiger charge is -2.50. The summed E-state index contributed by atoms with van der Waals surface area (Å²) in [5.41, 5.74) is 4.29. The van der Waals surface area contributed by atoms with Crippen LogP contribution in [0.25, 0.3) is 0 Å². The maximum atomic E-state index is 2.74. The van der Waals surface area contributed by atoms with Gasteiger partial charge in [-0.05, 0) is 122 Å². The summed E-state index contributed by atoms with van der Waals surface area (Å²) in [6, 6.07) is 22.6. The molecule has 3 aliphatic carbocycles. The van der Waals surface area contributed by atoms with Crippen molar-refractivity contribution in [1.29, 1.82) is 0 Å². The Balaban J connectivity index is 1.60. The lowest BCUT2D eigenvalue weighted by atomic mass is 9.82. The van der Waals surface area contributed by atoms with Gasteiger partial charge in [0.15, 0.2) is 0 Å². The molecule has 5 unspecified atom stereocenters. The minimum atomic E-state index is -1.71. The first-order chi connectivity index (χ1) is 20.5. The highest BCUT2D eigenvalue weighted by Gasteiger charge is 2.62. The van der Waals surface area contributed by atoms with Crippen molar-refractivity contribution in [3.05, 3.63) is 60.2 Å². The van der Waals surface area contributed by atoms with Gasteiger partial charge in [0.2, 0.25) is 0 Å². The Bertz CT molecular complexity index is 1190. The van der Waals surface area contributed by atoms with Gasteiger partial charge in [-0.3, -0.25) is 0 Å². The Morgan fingerprint density at radius 3 is 2.07 bits per heavy atom. The first-order valence-corrected chi connectivity index (χ1v) is 21.7. The van der Waals surface area contributed by atoms with Crippen molar-refractivity contribution in [1.82, 2.24) is 0 Å². The first kappa shape index (κ1) is 32.2. The zero-order valence-corrected chi connectivity index (χ0v) is 30.6. The number of hydrogen-bond donors (Lipinski definition) is 0. The van der Waals surface area contributed by atoms with E-state index in [2.05, 4.69) is 103 Å². The lowest BCUT2D eigenvalue weighted by molar-refractivity contribution is 0.287. The van der Waals surface area contributed by atoms with E-state index in [-0.39, 0.29) is 7.92 Å². The second kappa shape index (κ2) is 12.8. The molecule has 0 spiro atoms. The molecule has 0 N–H and O–H groups in total. The van der Waals surface area contributed by atoms with Crippen LogP contribution in [0, 0.1) is 17.8 Å². The van der Waals surface area contributed by atoms with E-state index >= 15 is 0 Å². The molecule has 236 valence electrons. The Morgan fingerprint density at radius 2 is 1.33 bits per heavy atom. The highest BCUT2D eigenvalue weighted by atomic mass is 31.2. The van der Waals surface area contributed by atoms with E-state index in [9.17, 15) is 0 Å². The standard InChI is InChI=1S/C41H63P2/c1-30(42(40(2,3)4)41(5,6)7)36-22-16-24-38(36)43(34-18-12-9-13-19-34)35-20-11-8-10-17-31(27-28-35)32-25-26-33(29-32)37-21-14-15-23-39(37)43/h9,12-15,18-19,21,23,30-33,35-36,38H,8,10-11,16-17,20,22,24-29H2,1-7H3/q+1/t30?,31?,32?,33-,35?,36+,38+,43?/m1/s1. The van der Waals surface area contributed by atoms with Gasteiger partial charge in [0, 0.05) is 5.92 Å². The van der Waals surface area contributed by atoms with E-state index in [1.807, 2.05) is 5.30 Å². The van der Waals surface area contributed by atoms with Gasteiger partial charge in [-0.15, -0.1) is 0 Å². The van der Waals surface area contributed by atoms with Crippen molar-refractivity contribution in [3.8, 4) is 0 Å². The molecule has 4 aliphatic rings. The summed E-state index contributed by atoms with van der Waals surface area (Å²) in [5, 5.41) is 4.40. The van der Waals surface area contributed by atoms with Crippen LogP contribution in [0.15, 0.2) is 54.6 Å². The molecule has 3 saturated carbocycles. The van der Waals surface area contributed by atoms with Crippen molar-refractivity contribution in [3.63, 3.8) is 0 Å². The van der Waals surface area contributed by atoms with Gasteiger partial charge in [-0.25, -0.2) is 0 Å². The maximum absolute atomic E-state index is 2.74. The molecule has 0 amide bonds. The van der Waals surface area contributed by atoms with Crippen LogP contribution >= 0.6 is 15.2 Å². The Labute approximate surface area is 268 Å². The van der Waals surface area contributed by atoms with Gasteiger partial charge in [0.1, 0.15) is 5.30 Å². The zero-order valence-electron chi connectivity index (χ0n) is 28.8. The third-order valence-corrected chi connectivity index (χ3v) is 22.5. The Kier molecular flexibility index (Phi) is 9.62. The molecule has 1 heterocycles. The molecule has 1 aliphatic heterocycles. The minimum absolute atomic E-state index is 0.153. The molecular formula is C41H63P2+. The number of hydrogen-bond acceptors (Lipinski definition) is 0. The van der Waals surface area contributed by atoms with Crippen molar-refractivity contribution in [2.45, 2.75) is 165 Å². The van der Waals surface area contributed by atoms with E-state index in [1.54, 1.807) is 10.9 Å². The summed E-state index contributed by atoms with van der Waals surface area (Å²) < 4.78 is 0. The quantitative estimate of drug-likeness (QED) is 0.299. The topological polar surface area (TPSA) is 0 Å². The van der Waals surface area contributed by atoms with Gasteiger partial charge in [0.25, 0.3) is 0 Å². The average Bonchev–Trinajstić information content (AvgIpc) is 3.65. The fraction of sp³-hybridized carbons (Fsp3) is 0.707. The molecule has 2 aromatic rings. The van der Waals surface area contributed by atoms with Crippen LogP contribution in [0.5, 0.6) is 0 Å². The molecule has 8 atom stereocenters. The predicted molar refractivity (Wildman–Crippen MR) is 196 cm³/mol. The van der Waals surface area contributed by atoms with E-state index in [1.165, 1.54) is 83.5 Å². The second-order valence-corrected chi connectivity index (χ2v) is 25.4. The largest absolute Gasteiger partial charge is 0.103 e. The Hall–Kier alpha value is -0.700. The van der Waals surface area contributed by atoms with Gasteiger partial charge >= 0.3 is 0 Å². The van der Waals surface area contributed by atoms with Crippen molar-refractivity contribution >= 4 is 25.8 Å². The molecule has 0 saturated heterocycles. The number of benzene rings is 2. The SMILES string of the molecule is CC([C@@H]1CCC[C@@H]1[P+]1(c2ccccc2)c2ccccc2[C@@H]2CCC(C2)C2CCCCCC1CC2)P(C(C)(C)C)C(C)(C)C. The summed E-state index contributed by atoms with van der Waals surface area (Å²) in [4.78, 5) is 0. The van der Waals surface area contributed by atoms with Crippen LogP contribution in [0.2, 0.25) is 0 Å². The summed E-state index contributed by atoms with van der Waals surface area (Å²) in [7, 11) is -1.87. The van der Waals surface area contributed by atoms with Gasteiger partial charge < -0.3 is 0 Å². The van der Waals surface area contributed by atoms with Crippen molar-refractivity contribution in [2.24, 2.45) is 17.8 Å². The van der Waals surface area contributed by atoms with Crippen molar-refractivity contribution in [2.75, 3.05) is 0 Å². The van der Waals surface area contributed by atoms with Crippen LogP contribution in [0.1, 0.15) is 143 Å². The minimum Gasteiger partial charge on any atom is -0.0923 e. The maximum Gasteiger partial charge on any atom is 0.103 e. The smallest absolute Gasteiger partial charge is 0.0923 e. The third kappa shape index (κ3) is 6.10. The molecule has 43 heavy (non-hydrogen) atoms. The first-order valence-electron chi connectivity index (χ1n) is 18.4. The molecule has 6 rings (SSSR count). The normalized spacial score (nSPS) is 34.3. The van der Waals surface area contributed by atoms with Gasteiger partial charge in [0.05, 0.1) is 23.9 Å². The number of rotatable bonds is 4. The van der Waals surface area contributed by atoms with E-state index in [0.29, 0.717) is 10.3 Å².